The second-order valence-corrected chi connectivity index (χ2v) is 5.08. The van der Waals surface area contributed by atoms with Gasteiger partial charge in [-0.2, -0.15) is 0 Å². The Balaban J connectivity index is 2.60. The third kappa shape index (κ3) is 4.57. The highest BCUT2D eigenvalue weighted by Crippen LogP contribution is 2.26. The van der Waals surface area contributed by atoms with Gasteiger partial charge in [0.1, 0.15) is 0 Å². The Kier molecular flexibility index (Phi) is 4.70. The Morgan fingerprint density at radius 1 is 1.29 bits per heavy atom. The van der Waals surface area contributed by atoms with Crippen LogP contribution in [0.15, 0.2) is 30.3 Å². The van der Waals surface area contributed by atoms with E-state index in [1.165, 1.54) is 17.7 Å². The molecule has 0 aliphatic rings. The maximum atomic E-state index is 11.8. The first-order valence-corrected chi connectivity index (χ1v) is 5.79. The molecule has 1 aromatic rings. The zero-order valence-corrected chi connectivity index (χ0v) is 11.1. The van der Waals surface area contributed by atoms with Crippen LogP contribution in [0.3, 0.4) is 0 Å². The SMILES string of the molecule is CON(C)C(=O)CC(C)(C)Cc1ccccc1. The van der Waals surface area contributed by atoms with Gasteiger partial charge in [-0.25, -0.2) is 5.06 Å². The van der Waals surface area contributed by atoms with Crippen LogP contribution in [0, 0.1) is 5.41 Å². The van der Waals surface area contributed by atoms with Crippen molar-refractivity contribution in [2.24, 2.45) is 5.41 Å². The molecule has 0 N–H and O–H groups in total. The maximum absolute atomic E-state index is 11.8. The highest BCUT2D eigenvalue weighted by Gasteiger charge is 2.24. The molecule has 3 heteroatoms. The number of nitrogens with zero attached hydrogens (tertiary/aromatic N) is 1. The quantitative estimate of drug-likeness (QED) is 0.734. The molecule has 0 spiro atoms. The summed E-state index contributed by atoms with van der Waals surface area (Å²) >= 11 is 0. The van der Waals surface area contributed by atoms with E-state index < -0.39 is 0 Å². The molecule has 1 aromatic carbocycles. The normalized spacial score (nSPS) is 11.3. The number of hydroxylamine groups is 2. The van der Waals surface area contributed by atoms with Crippen molar-refractivity contribution >= 4 is 5.91 Å². The van der Waals surface area contributed by atoms with Crippen LogP contribution in [-0.2, 0) is 16.1 Å². The van der Waals surface area contributed by atoms with E-state index in [1.807, 2.05) is 18.2 Å². The lowest BCUT2D eigenvalue weighted by Gasteiger charge is -2.26. The summed E-state index contributed by atoms with van der Waals surface area (Å²) in [6.45, 7) is 4.20. The zero-order valence-electron chi connectivity index (χ0n) is 11.1. The minimum atomic E-state index is -0.0643. The molecule has 0 saturated carbocycles. The van der Waals surface area contributed by atoms with Crippen LogP contribution in [0.1, 0.15) is 25.8 Å². The number of hydrogen-bond donors (Lipinski definition) is 0. The molecule has 0 aromatic heterocycles. The first-order valence-electron chi connectivity index (χ1n) is 5.79. The molecule has 0 saturated heterocycles. The summed E-state index contributed by atoms with van der Waals surface area (Å²) in [5.74, 6) is 0.00781. The Labute approximate surface area is 103 Å². The molecule has 0 atom stereocenters. The molecule has 0 unspecified atom stereocenters. The molecule has 0 aliphatic heterocycles. The first kappa shape index (κ1) is 13.7. The van der Waals surface area contributed by atoms with E-state index >= 15 is 0 Å². The van der Waals surface area contributed by atoms with Crippen molar-refractivity contribution in [3.8, 4) is 0 Å². The van der Waals surface area contributed by atoms with Gasteiger partial charge in [0.05, 0.1) is 7.11 Å². The van der Waals surface area contributed by atoms with Gasteiger partial charge in [0.2, 0.25) is 5.91 Å². The van der Waals surface area contributed by atoms with E-state index in [4.69, 9.17) is 4.84 Å². The molecule has 0 bridgehead atoms. The largest absolute Gasteiger partial charge is 0.275 e. The second-order valence-electron chi connectivity index (χ2n) is 5.08. The first-order chi connectivity index (χ1) is 7.94. The monoisotopic (exact) mass is 235 g/mol. The molecule has 0 fully saturated rings. The van der Waals surface area contributed by atoms with Crippen LogP contribution in [0.25, 0.3) is 0 Å². The number of carbonyl (C=O) groups excluding carboxylic acids is 1. The third-order valence-corrected chi connectivity index (χ3v) is 2.78. The summed E-state index contributed by atoms with van der Waals surface area (Å²) in [5, 5.41) is 1.28. The van der Waals surface area contributed by atoms with Crippen molar-refractivity contribution in [1.82, 2.24) is 5.06 Å². The summed E-state index contributed by atoms with van der Waals surface area (Å²) in [6, 6.07) is 10.2. The molecule has 0 heterocycles. The average Bonchev–Trinajstić information content (AvgIpc) is 2.27. The van der Waals surface area contributed by atoms with Gasteiger partial charge < -0.3 is 0 Å². The maximum Gasteiger partial charge on any atom is 0.246 e. The van der Waals surface area contributed by atoms with Crippen molar-refractivity contribution in [3.63, 3.8) is 0 Å². The fourth-order valence-electron chi connectivity index (χ4n) is 1.83. The Morgan fingerprint density at radius 3 is 2.41 bits per heavy atom. The highest BCUT2D eigenvalue weighted by atomic mass is 16.7. The molecule has 1 rings (SSSR count). The minimum Gasteiger partial charge on any atom is -0.275 e. The van der Waals surface area contributed by atoms with Crippen LogP contribution in [0.4, 0.5) is 0 Å². The van der Waals surface area contributed by atoms with E-state index in [0.29, 0.717) is 6.42 Å². The Bertz CT molecular complexity index is 360. The van der Waals surface area contributed by atoms with Crippen LogP contribution in [-0.4, -0.2) is 25.1 Å². The smallest absolute Gasteiger partial charge is 0.246 e. The highest BCUT2D eigenvalue weighted by molar-refractivity contribution is 5.75. The minimum absolute atomic E-state index is 0.00781. The summed E-state index contributed by atoms with van der Waals surface area (Å²) in [5.41, 5.74) is 1.19. The molecule has 17 heavy (non-hydrogen) atoms. The molecule has 3 nitrogen and oxygen atoms in total. The van der Waals surface area contributed by atoms with Crippen LogP contribution >= 0.6 is 0 Å². The average molecular weight is 235 g/mol. The van der Waals surface area contributed by atoms with Gasteiger partial charge in [0.15, 0.2) is 0 Å². The standard InChI is InChI=1S/C14H21NO2/c1-14(2,11-13(16)15(3)17-4)10-12-8-6-5-7-9-12/h5-9H,10-11H2,1-4H3. The fraction of sp³-hybridized carbons (Fsp3) is 0.500. The van der Waals surface area contributed by atoms with Crippen molar-refractivity contribution in [2.45, 2.75) is 26.7 Å². The lowest BCUT2D eigenvalue weighted by atomic mass is 9.82. The zero-order chi connectivity index (χ0) is 12.9. The fourth-order valence-corrected chi connectivity index (χ4v) is 1.83. The summed E-state index contributed by atoms with van der Waals surface area (Å²) in [7, 11) is 3.14. The number of rotatable bonds is 5. The lowest BCUT2D eigenvalue weighted by molar-refractivity contribution is -0.170. The summed E-state index contributed by atoms with van der Waals surface area (Å²) < 4.78 is 0. The topological polar surface area (TPSA) is 29.5 Å². The number of hydrogen-bond acceptors (Lipinski definition) is 2. The second kappa shape index (κ2) is 5.82. The van der Waals surface area contributed by atoms with E-state index in [-0.39, 0.29) is 11.3 Å². The molecule has 0 aliphatic carbocycles. The Hall–Kier alpha value is -1.35. The number of amides is 1. The van der Waals surface area contributed by atoms with E-state index in [1.54, 1.807) is 7.05 Å². The van der Waals surface area contributed by atoms with Crippen molar-refractivity contribution in [1.29, 1.82) is 0 Å². The van der Waals surface area contributed by atoms with Crippen LogP contribution < -0.4 is 0 Å². The predicted molar refractivity (Wildman–Crippen MR) is 68.3 cm³/mol. The van der Waals surface area contributed by atoms with Gasteiger partial charge in [-0.1, -0.05) is 44.2 Å². The van der Waals surface area contributed by atoms with Crippen molar-refractivity contribution < 1.29 is 9.63 Å². The van der Waals surface area contributed by atoms with Gasteiger partial charge in [-0.05, 0) is 17.4 Å². The molecular formula is C14H21NO2. The van der Waals surface area contributed by atoms with Crippen LogP contribution in [0.2, 0.25) is 0 Å². The van der Waals surface area contributed by atoms with Crippen LogP contribution in [0.5, 0.6) is 0 Å². The molecule has 94 valence electrons. The van der Waals surface area contributed by atoms with Gasteiger partial charge in [0.25, 0.3) is 0 Å². The summed E-state index contributed by atoms with van der Waals surface area (Å²) in [4.78, 5) is 16.7. The van der Waals surface area contributed by atoms with Gasteiger partial charge in [0, 0.05) is 13.5 Å². The van der Waals surface area contributed by atoms with Gasteiger partial charge >= 0.3 is 0 Å². The van der Waals surface area contributed by atoms with Gasteiger partial charge in [-0.15, -0.1) is 0 Å². The molecular weight excluding hydrogens is 214 g/mol. The van der Waals surface area contributed by atoms with Crippen molar-refractivity contribution in [3.05, 3.63) is 35.9 Å². The number of benzene rings is 1. The van der Waals surface area contributed by atoms with E-state index in [9.17, 15) is 4.79 Å². The van der Waals surface area contributed by atoms with E-state index in [2.05, 4.69) is 26.0 Å². The lowest BCUT2D eigenvalue weighted by Crippen LogP contribution is -2.31. The molecule has 0 radical (unpaired) electrons. The third-order valence-electron chi connectivity index (χ3n) is 2.78. The number of carbonyl (C=O) groups is 1. The molecule has 1 amide bonds. The van der Waals surface area contributed by atoms with Crippen molar-refractivity contribution in [2.75, 3.05) is 14.2 Å². The summed E-state index contributed by atoms with van der Waals surface area (Å²) in [6.07, 6.45) is 1.36. The Morgan fingerprint density at radius 2 is 1.88 bits per heavy atom. The predicted octanol–water partition coefficient (Wildman–Crippen LogP) is 2.67. The van der Waals surface area contributed by atoms with E-state index in [0.717, 1.165) is 6.42 Å². The van der Waals surface area contributed by atoms with Gasteiger partial charge in [-0.3, -0.25) is 9.63 Å².